The van der Waals surface area contributed by atoms with Crippen LogP contribution in [0.25, 0.3) is 0 Å². The second-order valence-corrected chi connectivity index (χ2v) is 7.79. The summed E-state index contributed by atoms with van der Waals surface area (Å²) in [7, 11) is -3.02. The number of hydrogen-bond acceptors (Lipinski definition) is 6. The van der Waals surface area contributed by atoms with E-state index in [9.17, 15) is 13.2 Å². The smallest absolute Gasteiger partial charge is 0.260 e. The third-order valence-electron chi connectivity index (χ3n) is 3.67. The number of ether oxygens (including phenoxy) is 1. The Morgan fingerprint density at radius 2 is 2.32 bits per heavy atom. The molecule has 0 bridgehead atoms. The molecule has 0 N–H and O–H groups in total. The van der Waals surface area contributed by atoms with Crippen molar-refractivity contribution >= 4 is 15.7 Å². The van der Waals surface area contributed by atoms with Crippen LogP contribution in [0.3, 0.4) is 0 Å². The van der Waals surface area contributed by atoms with Gasteiger partial charge in [0.05, 0.1) is 11.5 Å². The van der Waals surface area contributed by atoms with Crippen molar-refractivity contribution in [3.63, 3.8) is 0 Å². The molecule has 1 aromatic rings. The molecule has 2 rings (SSSR count). The lowest BCUT2D eigenvalue weighted by Crippen LogP contribution is -2.44. The largest absolute Gasteiger partial charge is 0.465 e. The van der Waals surface area contributed by atoms with Crippen LogP contribution >= 0.6 is 0 Å². The molecule has 8 heteroatoms. The Kier molecular flexibility index (Phi) is 5.44. The fourth-order valence-electron chi connectivity index (χ4n) is 2.49. The highest BCUT2D eigenvalue weighted by molar-refractivity contribution is 7.91. The molecule has 0 saturated carbocycles. The van der Waals surface area contributed by atoms with E-state index in [1.807, 2.05) is 6.92 Å². The van der Waals surface area contributed by atoms with Gasteiger partial charge in [-0.15, -0.1) is 0 Å². The highest BCUT2D eigenvalue weighted by Crippen LogP contribution is 2.19. The second-order valence-electron chi connectivity index (χ2n) is 5.56. The van der Waals surface area contributed by atoms with Crippen molar-refractivity contribution in [3.8, 4) is 5.88 Å². The number of aryl methyl sites for hydroxylation is 1. The Morgan fingerprint density at radius 3 is 2.86 bits per heavy atom. The summed E-state index contributed by atoms with van der Waals surface area (Å²) in [5.74, 6) is 0.853. The molecule has 1 atom stereocenters. The Hall–Kier alpha value is -1.57. The number of carbonyl (C=O) groups is 1. The minimum Gasteiger partial charge on any atom is -0.465 e. The molecular weight excluding hydrogens is 308 g/mol. The lowest BCUT2D eigenvalue weighted by molar-refractivity contribution is -0.135. The summed E-state index contributed by atoms with van der Waals surface area (Å²) < 4.78 is 33.5. The van der Waals surface area contributed by atoms with Crippen molar-refractivity contribution in [2.45, 2.75) is 39.2 Å². The maximum atomic E-state index is 12.4. The van der Waals surface area contributed by atoms with Gasteiger partial charge < -0.3 is 14.2 Å². The second kappa shape index (κ2) is 7.13. The summed E-state index contributed by atoms with van der Waals surface area (Å²) in [4.78, 5) is 14.0. The van der Waals surface area contributed by atoms with E-state index in [0.717, 1.165) is 12.8 Å². The van der Waals surface area contributed by atoms with Crippen LogP contribution in [0.15, 0.2) is 10.6 Å². The molecule has 1 amide bonds. The average Bonchev–Trinajstić information content (AvgIpc) is 3.03. The zero-order chi connectivity index (χ0) is 16.2. The molecule has 1 unspecified atom stereocenters. The van der Waals surface area contributed by atoms with E-state index in [1.54, 1.807) is 17.9 Å². The van der Waals surface area contributed by atoms with Gasteiger partial charge in [0.15, 0.2) is 16.4 Å². The van der Waals surface area contributed by atoms with Crippen molar-refractivity contribution in [2.24, 2.45) is 0 Å². The van der Waals surface area contributed by atoms with Gasteiger partial charge in [0, 0.05) is 18.7 Å². The lowest BCUT2D eigenvalue weighted by Gasteiger charge is -2.28. The first-order chi connectivity index (χ1) is 10.4. The molecule has 0 aliphatic carbocycles. The number of aromatic nitrogens is 1. The summed E-state index contributed by atoms with van der Waals surface area (Å²) in [5.41, 5.74) is 0. The Balaban J connectivity index is 1.96. The fraction of sp³-hybridized carbons (Fsp3) is 0.714. The molecular formula is C14H22N2O5S. The van der Waals surface area contributed by atoms with Crippen LogP contribution in [-0.4, -0.2) is 55.1 Å². The first kappa shape index (κ1) is 16.8. The van der Waals surface area contributed by atoms with Crippen molar-refractivity contribution in [1.82, 2.24) is 10.1 Å². The van der Waals surface area contributed by atoms with E-state index in [-0.39, 0.29) is 35.9 Å². The standard InChI is InChI=1S/C14H22N2O5S/c1-3-4-6-16(12-5-7-22(18,19)10-12)14(17)9-20-13-8-11(2)21-15-13/h8,12H,3-7,9-10H2,1-2H3. The van der Waals surface area contributed by atoms with Gasteiger partial charge in [0.2, 0.25) is 0 Å². The van der Waals surface area contributed by atoms with Gasteiger partial charge in [-0.3, -0.25) is 4.79 Å². The molecule has 1 aromatic heterocycles. The van der Waals surface area contributed by atoms with Crippen LogP contribution in [0, 0.1) is 6.92 Å². The van der Waals surface area contributed by atoms with Gasteiger partial charge >= 0.3 is 0 Å². The van der Waals surface area contributed by atoms with Crippen LogP contribution in [0.2, 0.25) is 0 Å². The van der Waals surface area contributed by atoms with E-state index in [4.69, 9.17) is 9.26 Å². The molecule has 1 saturated heterocycles. The van der Waals surface area contributed by atoms with E-state index in [2.05, 4.69) is 5.16 Å². The molecule has 0 radical (unpaired) electrons. The number of nitrogens with zero attached hydrogens (tertiary/aromatic N) is 2. The Bertz CT molecular complexity index is 611. The van der Waals surface area contributed by atoms with Gasteiger partial charge in [-0.1, -0.05) is 13.3 Å². The monoisotopic (exact) mass is 330 g/mol. The molecule has 1 aliphatic rings. The van der Waals surface area contributed by atoms with E-state index >= 15 is 0 Å². The first-order valence-electron chi connectivity index (χ1n) is 7.47. The van der Waals surface area contributed by atoms with Crippen molar-refractivity contribution < 1.29 is 22.5 Å². The highest BCUT2D eigenvalue weighted by Gasteiger charge is 2.34. The van der Waals surface area contributed by atoms with Crippen LogP contribution in [0.4, 0.5) is 0 Å². The average molecular weight is 330 g/mol. The van der Waals surface area contributed by atoms with Crippen molar-refractivity contribution in [3.05, 3.63) is 11.8 Å². The van der Waals surface area contributed by atoms with Gasteiger partial charge in [0.1, 0.15) is 5.76 Å². The fourth-order valence-corrected chi connectivity index (χ4v) is 4.22. The van der Waals surface area contributed by atoms with Gasteiger partial charge in [-0.2, -0.15) is 0 Å². The molecule has 1 fully saturated rings. The molecule has 2 heterocycles. The summed E-state index contributed by atoms with van der Waals surface area (Å²) in [6.07, 6.45) is 2.28. The summed E-state index contributed by atoms with van der Waals surface area (Å²) in [5, 5.41) is 3.67. The summed E-state index contributed by atoms with van der Waals surface area (Å²) in [6.45, 7) is 4.16. The van der Waals surface area contributed by atoms with Gasteiger partial charge in [-0.05, 0) is 24.9 Å². The van der Waals surface area contributed by atoms with Gasteiger partial charge in [0.25, 0.3) is 11.8 Å². The quantitative estimate of drug-likeness (QED) is 0.746. The molecule has 124 valence electrons. The molecule has 7 nitrogen and oxygen atoms in total. The number of amides is 1. The maximum absolute atomic E-state index is 12.4. The zero-order valence-electron chi connectivity index (χ0n) is 12.9. The molecule has 22 heavy (non-hydrogen) atoms. The van der Waals surface area contributed by atoms with Crippen molar-refractivity contribution in [1.29, 1.82) is 0 Å². The maximum Gasteiger partial charge on any atom is 0.260 e. The van der Waals surface area contributed by atoms with Gasteiger partial charge in [-0.25, -0.2) is 8.42 Å². The van der Waals surface area contributed by atoms with Crippen LogP contribution < -0.4 is 4.74 Å². The first-order valence-corrected chi connectivity index (χ1v) is 9.29. The zero-order valence-corrected chi connectivity index (χ0v) is 13.8. The van der Waals surface area contributed by atoms with E-state index in [1.165, 1.54) is 0 Å². The van der Waals surface area contributed by atoms with Crippen LogP contribution in [-0.2, 0) is 14.6 Å². The molecule has 0 spiro atoms. The molecule has 0 aromatic carbocycles. The predicted octanol–water partition coefficient (Wildman–Crippen LogP) is 1.18. The third kappa shape index (κ3) is 4.46. The Labute approximate surface area is 130 Å². The predicted molar refractivity (Wildman–Crippen MR) is 80.4 cm³/mol. The number of sulfone groups is 1. The van der Waals surface area contributed by atoms with Crippen LogP contribution in [0.1, 0.15) is 31.9 Å². The number of hydrogen-bond donors (Lipinski definition) is 0. The van der Waals surface area contributed by atoms with Crippen LogP contribution in [0.5, 0.6) is 5.88 Å². The summed E-state index contributed by atoms with van der Waals surface area (Å²) >= 11 is 0. The SMILES string of the molecule is CCCCN(C(=O)COc1cc(C)on1)C1CCS(=O)(=O)C1. The highest BCUT2D eigenvalue weighted by atomic mass is 32.2. The molecule has 1 aliphatic heterocycles. The Morgan fingerprint density at radius 1 is 1.55 bits per heavy atom. The minimum absolute atomic E-state index is 0.0471. The number of rotatable bonds is 7. The van der Waals surface area contributed by atoms with E-state index < -0.39 is 9.84 Å². The minimum atomic E-state index is -3.02. The third-order valence-corrected chi connectivity index (χ3v) is 5.42. The number of carbonyl (C=O) groups excluding carboxylic acids is 1. The van der Waals surface area contributed by atoms with E-state index in [0.29, 0.717) is 18.7 Å². The number of unbranched alkanes of at least 4 members (excludes halogenated alkanes) is 1. The van der Waals surface area contributed by atoms with Crippen molar-refractivity contribution in [2.75, 3.05) is 24.7 Å². The topological polar surface area (TPSA) is 89.7 Å². The summed E-state index contributed by atoms with van der Waals surface area (Å²) in [6, 6.07) is 1.36. The lowest BCUT2D eigenvalue weighted by atomic mass is 10.2. The normalized spacial score (nSPS) is 20.0.